The van der Waals surface area contributed by atoms with Crippen LogP contribution in [0, 0.1) is 13.8 Å². The molecule has 0 radical (unpaired) electrons. The van der Waals surface area contributed by atoms with E-state index in [0.717, 1.165) is 38.1 Å². The number of aryl methyl sites for hydroxylation is 1. The highest BCUT2D eigenvalue weighted by Gasteiger charge is 2.27. The molecule has 0 saturated heterocycles. The minimum absolute atomic E-state index is 0.207. The summed E-state index contributed by atoms with van der Waals surface area (Å²) in [7, 11) is 0. The zero-order valence-corrected chi connectivity index (χ0v) is 18.4. The van der Waals surface area contributed by atoms with E-state index < -0.39 is 0 Å². The van der Waals surface area contributed by atoms with Crippen LogP contribution >= 0.6 is 11.3 Å². The summed E-state index contributed by atoms with van der Waals surface area (Å²) in [6, 6.07) is 14.6. The molecule has 4 heterocycles. The molecule has 0 bridgehead atoms. The Labute approximate surface area is 189 Å². The summed E-state index contributed by atoms with van der Waals surface area (Å²) < 4.78 is 16.4. The lowest BCUT2D eigenvalue weighted by atomic mass is 9.96. The molecule has 0 spiro atoms. The average molecular weight is 448 g/mol. The van der Waals surface area contributed by atoms with Gasteiger partial charge in [0.2, 0.25) is 6.79 Å². The van der Waals surface area contributed by atoms with Gasteiger partial charge in [-0.3, -0.25) is 4.79 Å². The van der Waals surface area contributed by atoms with Crippen molar-refractivity contribution < 1.29 is 18.7 Å². The molecule has 2 N–H and O–H groups in total. The van der Waals surface area contributed by atoms with E-state index in [1.807, 2.05) is 43.3 Å². The normalized spacial score (nSPS) is 13.1. The number of thiophene rings is 1. The lowest BCUT2D eigenvalue weighted by Crippen LogP contribution is -2.17. The topological polar surface area (TPSA) is 85.6 Å². The van der Waals surface area contributed by atoms with Gasteiger partial charge in [-0.2, -0.15) is 0 Å². The second-order valence-electron chi connectivity index (χ2n) is 7.36. The van der Waals surface area contributed by atoms with E-state index in [1.165, 1.54) is 17.6 Å². The van der Waals surface area contributed by atoms with Gasteiger partial charge >= 0.3 is 0 Å². The van der Waals surface area contributed by atoms with E-state index in [0.29, 0.717) is 5.75 Å². The lowest BCUT2D eigenvalue weighted by Gasteiger charge is -2.22. The largest absolute Gasteiger partial charge is 0.459 e. The molecule has 0 aliphatic carbocycles. The zero-order chi connectivity index (χ0) is 22.1. The number of benzene rings is 1. The molecule has 8 heteroatoms. The predicted molar refractivity (Wildman–Crippen MR) is 123 cm³/mol. The molecule has 7 nitrogen and oxygen atoms in total. The maximum absolute atomic E-state index is 12.8. The molecule has 32 heavy (non-hydrogen) atoms. The fourth-order valence-corrected chi connectivity index (χ4v) is 4.76. The molecule has 1 aliphatic rings. The predicted octanol–water partition coefficient (Wildman–Crippen LogP) is 5.54. The van der Waals surface area contributed by atoms with Gasteiger partial charge in [0.1, 0.15) is 10.8 Å². The van der Waals surface area contributed by atoms with Crippen LogP contribution in [0.1, 0.15) is 38.2 Å². The van der Waals surface area contributed by atoms with Gasteiger partial charge in [0, 0.05) is 16.6 Å². The summed E-state index contributed by atoms with van der Waals surface area (Å²) in [6.07, 6.45) is 3.23. The van der Waals surface area contributed by atoms with Crippen molar-refractivity contribution in [3.63, 3.8) is 0 Å². The number of pyridine rings is 1. The van der Waals surface area contributed by atoms with E-state index in [9.17, 15) is 4.79 Å². The third-order valence-electron chi connectivity index (χ3n) is 5.38. The maximum Gasteiger partial charge on any atom is 0.291 e. The van der Waals surface area contributed by atoms with Crippen LogP contribution in [-0.2, 0) is 0 Å². The minimum atomic E-state index is -0.292. The lowest BCUT2D eigenvalue weighted by molar-refractivity contribution is 0.0997. The summed E-state index contributed by atoms with van der Waals surface area (Å²) >= 11 is 1.54. The molecule has 4 aromatic rings. The van der Waals surface area contributed by atoms with Crippen molar-refractivity contribution in [1.82, 2.24) is 4.98 Å². The van der Waals surface area contributed by atoms with Crippen LogP contribution in [0.3, 0.4) is 0 Å². The molecule has 5 rings (SSSR count). The number of nitrogens with one attached hydrogen (secondary N) is 2. The molecule has 1 aromatic carbocycles. The van der Waals surface area contributed by atoms with Crippen LogP contribution in [0.2, 0.25) is 0 Å². The van der Waals surface area contributed by atoms with Gasteiger partial charge in [-0.15, -0.1) is 11.3 Å². The van der Waals surface area contributed by atoms with Crippen LogP contribution < -0.4 is 20.1 Å². The number of carbonyl (C=O) groups is 1. The highest BCUT2D eigenvalue weighted by atomic mass is 32.1. The number of furan rings is 1. The molecule has 162 valence electrons. The second-order valence-corrected chi connectivity index (χ2v) is 8.59. The molecule has 0 fully saturated rings. The van der Waals surface area contributed by atoms with Gasteiger partial charge in [0.15, 0.2) is 17.3 Å². The number of rotatable bonds is 6. The number of nitrogens with zero attached hydrogens (tertiary/aromatic N) is 1. The van der Waals surface area contributed by atoms with Crippen molar-refractivity contribution in [2.45, 2.75) is 19.9 Å². The van der Waals surface area contributed by atoms with Gasteiger partial charge in [0.05, 0.1) is 12.3 Å². The SMILES string of the molecule is Cc1sc(NC(=O)c2ccco2)c([C@H](Nc2ccccn2)c2ccc3c(c2)OCO3)c1C. The maximum atomic E-state index is 12.8. The van der Waals surface area contributed by atoms with Gasteiger partial charge in [-0.05, 0) is 61.4 Å². The Bertz CT molecular complexity index is 1250. The van der Waals surface area contributed by atoms with E-state index in [-0.39, 0.29) is 24.5 Å². The number of hydrogen-bond donors (Lipinski definition) is 2. The van der Waals surface area contributed by atoms with Crippen molar-refractivity contribution in [3.05, 3.63) is 88.3 Å². The summed E-state index contributed by atoms with van der Waals surface area (Å²) in [5.41, 5.74) is 3.03. The third-order valence-corrected chi connectivity index (χ3v) is 6.52. The fourth-order valence-electron chi connectivity index (χ4n) is 3.67. The van der Waals surface area contributed by atoms with Crippen LogP contribution in [-0.4, -0.2) is 17.7 Å². The molecule has 0 saturated carbocycles. The van der Waals surface area contributed by atoms with Crippen LogP contribution in [0.15, 0.2) is 65.4 Å². The van der Waals surface area contributed by atoms with Gasteiger partial charge in [0.25, 0.3) is 5.91 Å². The van der Waals surface area contributed by atoms with Crippen LogP contribution in [0.25, 0.3) is 0 Å². The number of amides is 1. The third kappa shape index (κ3) is 3.80. The molecule has 1 amide bonds. The molecule has 0 unspecified atom stereocenters. The minimum Gasteiger partial charge on any atom is -0.459 e. The second kappa shape index (κ2) is 8.39. The van der Waals surface area contributed by atoms with Crippen molar-refractivity contribution in [3.8, 4) is 11.5 Å². The van der Waals surface area contributed by atoms with E-state index in [4.69, 9.17) is 13.9 Å². The molecule has 3 aromatic heterocycles. The summed E-state index contributed by atoms with van der Waals surface area (Å²) in [5, 5.41) is 7.32. The number of aromatic nitrogens is 1. The quantitative estimate of drug-likeness (QED) is 0.404. The van der Waals surface area contributed by atoms with Gasteiger partial charge < -0.3 is 24.5 Å². The van der Waals surface area contributed by atoms with Crippen molar-refractivity contribution in [1.29, 1.82) is 0 Å². The average Bonchev–Trinajstić information content (AvgIpc) is 3.55. The zero-order valence-electron chi connectivity index (χ0n) is 17.5. The standard InChI is InChI=1S/C24H21N3O4S/c1-14-15(2)32-24(27-23(28)18-6-5-11-29-18)21(14)22(26-20-7-3-4-10-25-20)16-8-9-17-19(12-16)31-13-30-17/h3-12,22H,13H2,1-2H3,(H,25,26)(H,27,28)/t22-/m1/s1. The summed E-state index contributed by atoms with van der Waals surface area (Å²) in [5.74, 6) is 2.11. The van der Waals surface area contributed by atoms with Crippen LogP contribution in [0.5, 0.6) is 11.5 Å². The fraction of sp³-hybridized carbons (Fsp3) is 0.167. The Morgan fingerprint density at radius 3 is 2.75 bits per heavy atom. The Balaban J connectivity index is 1.59. The molecular weight excluding hydrogens is 426 g/mol. The number of ether oxygens (including phenoxy) is 2. The molecular formula is C24H21N3O4S. The highest BCUT2D eigenvalue weighted by molar-refractivity contribution is 7.16. The number of carbonyl (C=O) groups excluding carboxylic acids is 1. The number of fused-ring (bicyclic) bond motifs is 1. The first-order chi connectivity index (χ1) is 15.6. The van der Waals surface area contributed by atoms with E-state index >= 15 is 0 Å². The Morgan fingerprint density at radius 2 is 1.97 bits per heavy atom. The van der Waals surface area contributed by atoms with Crippen LogP contribution in [0.4, 0.5) is 10.8 Å². The van der Waals surface area contributed by atoms with Gasteiger partial charge in [-0.25, -0.2) is 4.98 Å². The Morgan fingerprint density at radius 1 is 1.09 bits per heavy atom. The number of hydrogen-bond acceptors (Lipinski definition) is 7. The Kier molecular flexibility index (Phi) is 5.28. The monoisotopic (exact) mass is 447 g/mol. The van der Waals surface area contributed by atoms with Crippen molar-refractivity contribution >= 4 is 28.1 Å². The first kappa shape index (κ1) is 20.1. The van der Waals surface area contributed by atoms with Gasteiger partial charge in [-0.1, -0.05) is 12.1 Å². The smallest absolute Gasteiger partial charge is 0.291 e. The number of anilines is 2. The summed E-state index contributed by atoms with van der Waals surface area (Å²) in [4.78, 5) is 18.3. The Hall–Kier alpha value is -3.78. The first-order valence-electron chi connectivity index (χ1n) is 10.1. The molecule has 1 aliphatic heterocycles. The van der Waals surface area contributed by atoms with Crippen molar-refractivity contribution in [2.75, 3.05) is 17.4 Å². The van der Waals surface area contributed by atoms with E-state index in [2.05, 4.69) is 22.5 Å². The highest BCUT2D eigenvalue weighted by Crippen LogP contribution is 2.43. The van der Waals surface area contributed by atoms with Crippen molar-refractivity contribution in [2.24, 2.45) is 0 Å². The first-order valence-corrected chi connectivity index (χ1v) is 10.9. The molecule has 1 atom stereocenters. The van der Waals surface area contributed by atoms with E-state index in [1.54, 1.807) is 18.3 Å². The summed E-state index contributed by atoms with van der Waals surface area (Å²) in [6.45, 7) is 4.31.